The number of benzene rings is 1. The lowest BCUT2D eigenvalue weighted by Crippen LogP contribution is -2.20. The van der Waals surface area contributed by atoms with Crippen LogP contribution in [-0.2, 0) is 27.3 Å². The van der Waals surface area contributed by atoms with Gasteiger partial charge in [0.05, 0.1) is 20.1 Å². The van der Waals surface area contributed by atoms with E-state index < -0.39 is 17.8 Å². The molecule has 0 atom stereocenters. The van der Waals surface area contributed by atoms with E-state index in [0.717, 1.165) is 16.9 Å². The number of aryl methyl sites for hydroxylation is 1. The number of amides is 1. The lowest BCUT2D eigenvalue weighted by Gasteiger charge is -2.11. The summed E-state index contributed by atoms with van der Waals surface area (Å²) in [6.07, 6.45) is -0.0193. The summed E-state index contributed by atoms with van der Waals surface area (Å²) < 4.78 is 15.7. The van der Waals surface area contributed by atoms with Crippen LogP contribution in [0.2, 0.25) is 0 Å². The molecule has 156 valence electrons. The van der Waals surface area contributed by atoms with Crippen LogP contribution in [0.5, 0.6) is 5.75 Å². The largest absolute Gasteiger partial charge is 0.496 e. The number of hydrogen-bond donors (Lipinski definition) is 2. The molecule has 3 N–H and O–H groups in total. The van der Waals surface area contributed by atoms with Crippen LogP contribution in [0.1, 0.15) is 43.6 Å². The minimum atomic E-state index is -0.664. The van der Waals surface area contributed by atoms with Crippen molar-refractivity contribution in [3.05, 3.63) is 45.3 Å². The van der Waals surface area contributed by atoms with Crippen molar-refractivity contribution in [1.82, 2.24) is 5.32 Å². The molecule has 1 heterocycles. The van der Waals surface area contributed by atoms with Gasteiger partial charge in [-0.15, -0.1) is 11.3 Å². The van der Waals surface area contributed by atoms with Gasteiger partial charge in [-0.2, -0.15) is 0 Å². The van der Waals surface area contributed by atoms with Crippen LogP contribution in [0.25, 0.3) is 0 Å². The van der Waals surface area contributed by atoms with E-state index in [1.165, 1.54) is 14.2 Å². The molecule has 29 heavy (non-hydrogen) atoms. The Labute approximate surface area is 172 Å². The topological polar surface area (TPSA) is 117 Å². The fourth-order valence-corrected chi connectivity index (χ4v) is 3.76. The zero-order chi connectivity index (χ0) is 21.6. The molecule has 0 aliphatic rings. The molecule has 0 unspecified atom stereocenters. The van der Waals surface area contributed by atoms with E-state index in [1.54, 1.807) is 13.0 Å². The van der Waals surface area contributed by atoms with Gasteiger partial charge in [0.25, 0.3) is 5.91 Å². The van der Waals surface area contributed by atoms with E-state index in [-0.39, 0.29) is 40.6 Å². The number of methoxy groups -OCH3 is 1. The molecule has 1 aromatic heterocycles. The Morgan fingerprint density at radius 3 is 2.55 bits per heavy atom. The van der Waals surface area contributed by atoms with Crippen molar-refractivity contribution in [2.75, 3.05) is 26.5 Å². The van der Waals surface area contributed by atoms with E-state index >= 15 is 0 Å². The van der Waals surface area contributed by atoms with Gasteiger partial charge in [0.1, 0.15) is 27.8 Å². The summed E-state index contributed by atoms with van der Waals surface area (Å²) in [6, 6.07) is 5.49. The second-order valence-electron chi connectivity index (χ2n) is 6.10. The summed E-state index contributed by atoms with van der Waals surface area (Å²) in [7, 11) is 2.98. The van der Waals surface area contributed by atoms with E-state index in [2.05, 4.69) is 5.32 Å². The fraction of sp³-hybridized carbons (Fsp3) is 0.350. The Bertz CT molecular complexity index is 922. The molecule has 1 aromatic carbocycles. The molecule has 0 aliphatic carbocycles. The number of anilines is 1. The fourth-order valence-electron chi connectivity index (χ4n) is 2.75. The maximum absolute atomic E-state index is 12.4. The third-order valence-electron chi connectivity index (χ3n) is 4.10. The van der Waals surface area contributed by atoms with Gasteiger partial charge in [0.15, 0.2) is 0 Å². The molecule has 0 spiro atoms. The van der Waals surface area contributed by atoms with Gasteiger partial charge < -0.3 is 25.3 Å². The first kappa shape index (κ1) is 22.2. The predicted octanol–water partition coefficient (Wildman–Crippen LogP) is 2.47. The molecule has 0 aliphatic heterocycles. The van der Waals surface area contributed by atoms with Crippen molar-refractivity contribution in [1.29, 1.82) is 0 Å². The average molecular weight is 420 g/mol. The number of nitrogens with one attached hydrogen (secondary N) is 1. The lowest BCUT2D eigenvalue weighted by molar-refractivity contribution is -0.144. The highest BCUT2D eigenvalue weighted by Crippen LogP contribution is 2.32. The van der Waals surface area contributed by atoms with E-state index in [9.17, 15) is 14.4 Å². The van der Waals surface area contributed by atoms with Gasteiger partial charge >= 0.3 is 11.9 Å². The van der Waals surface area contributed by atoms with E-state index in [1.807, 2.05) is 19.1 Å². The molecular formula is C20H24N2O6S. The van der Waals surface area contributed by atoms with Crippen LogP contribution in [0, 0.1) is 6.92 Å². The molecule has 1 amide bonds. The highest BCUT2D eigenvalue weighted by molar-refractivity contribution is 7.18. The Morgan fingerprint density at radius 2 is 1.93 bits per heavy atom. The SMILES string of the molecule is CCOC(=O)c1c(N)sc(C(=O)NC)c1COC(=O)Cc1cc(C)ccc1OC. The number of esters is 2. The van der Waals surface area contributed by atoms with Gasteiger partial charge in [0.2, 0.25) is 0 Å². The summed E-state index contributed by atoms with van der Waals surface area (Å²) in [5.41, 5.74) is 7.87. The maximum Gasteiger partial charge on any atom is 0.341 e. The minimum absolute atomic E-state index is 0.0193. The van der Waals surface area contributed by atoms with Crippen LogP contribution in [-0.4, -0.2) is 38.6 Å². The monoisotopic (exact) mass is 420 g/mol. The number of nitrogen functional groups attached to an aromatic ring is 1. The van der Waals surface area contributed by atoms with Crippen LogP contribution in [0.4, 0.5) is 5.00 Å². The van der Waals surface area contributed by atoms with Gasteiger partial charge in [-0.1, -0.05) is 17.7 Å². The number of nitrogens with two attached hydrogens (primary N) is 1. The van der Waals surface area contributed by atoms with Crippen LogP contribution in [0.15, 0.2) is 18.2 Å². The quantitative estimate of drug-likeness (QED) is 0.630. The number of rotatable bonds is 8. The third kappa shape index (κ3) is 5.26. The summed E-state index contributed by atoms with van der Waals surface area (Å²) in [4.78, 5) is 37.1. The van der Waals surface area contributed by atoms with Crippen molar-refractivity contribution in [2.45, 2.75) is 26.9 Å². The van der Waals surface area contributed by atoms with Crippen LogP contribution >= 0.6 is 11.3 Å². The smallest absolute Gasteiger partial charge is 0.341 e. The number of thiophene rings is 1. The van der Waals surface area contributed by atoms with Gasteiger partial charge in [-0.25, -0.2) is 4.79 Å². The minimum Gasteiger partial charge on any atom is -0.496 e. The molecular weight excluding hydrogens is 396 g/mol. The average Bonchev–Trinajstić information content (AvgIpc) is 3.02. The molecule has 2 aromatic rings. The normalized spacial score (nSPS) is 10.3. The molecule has 0 fully saturated rings. The Balaban J connectivity index is 2.24. The lowest BCUT2D eigenvalue weighted by atomic mass is 10.1. The standard InChI is InChI=1S/C20H24N2O6S/c1-5-27-20(25)16-13(17(19(24)22-3)29-18(16)21)10-28-15(23)9-12-8-11(2)6-7-14(12)26-4/h6-8H,5,9-10,21H2,1-4H3,(H,22,24). The summed E-state index contributed by atoms with van der Waals surface area (Å²) >= 11 is 0.945. The molecule has 9 heteroatoms. The second kappa shape index (κ2) is 9.92. The molecule has 0 bridgehead atoms. The Morgan fingerprint density at radius 1 is 1.21 bits per heavy atom. The van der Waals surface area contributed by atoms with Gasteiger partial charge in [-0.3, -0.25) is 9.59 Å². The van der Waals surface area contributed by atoms with Gasteiger partial charge in [-0.05, 0) is 19.9 Å². The van der Waals surface area contributed by atoms with Gasteiger partial charge in [0, 0.05) is 18.2 Å². The summed E-state index contributed by atoms with van der Waals surface area (Å²) in [5, 5.41) is 2.62. The molecule has 0 saturated heterocycles. The predicted molar refractivity (Wildman–Crippen MR) is 109 cm³/mol. The Kier molecular flexibility index (Phi) is 7.60. The zero-order valence-corrected chi connectivity index (χ0v) is 17.6. The van der Waals surface area contributed by atoms with Crippen LogP contribution < -0.4 is 15.8 Å². The maximum atomic E-state index is 12.4. The number of carbonyl (C=O) groups excluding carboxylic acids is 3. The second-order valence-corrected chi connectivity index (χ2v) is 7.15. The van der Waals surface area contributed by atoms with Crippen LogP contribution in [0.3, 0.4) is 0 Å². The third-order valence-corrected chi connectivity index (χ3v) is 5.16. The highest BCUT2D eigenvalue weighted by Gasteiger charge is 2.27. The van der Waals surface area contributed by atoms with E-state index in [0.29, 0.717) is 11.3 Å². The van der Waals surface area contributed by atoms with Crippen molar-refractivity contribution in [3.63, 3.8) is 0 Å². The molecule has 2 rings (SSSR count). The van der Waals surface area contributed by atoms with Crippen molar-refractivity contribution >= 4 is 34.2 Å². The summed E-state index contributed by atoms with van der Waals surface area (Å²) in [6.45, 7) is 3.44. The van der Waals surface area contributed by atoms with Crippen molar-refractivity contribution < 1.29 is 28.6 Å². The highest BCUT2D eigenvalue weighted by atomic mass is 32.1. The first-order valence-electron chi connectivity index (χ1n) is 8.91. The number of ether oxygens (including phenoxy) is 3. The molecule has 0 radical (unpaired) electrons. The number of hydrogen-bond acceptors (Lipinski definition) is 8. The Hall–Kier alpha value is -3.07. The molecule has 0 saturated carbocycles. The van der Waals surface area contributed by atoms with Crippen molar-refractivity contribution in [3.8, 4) is 5.75 Å². The first-order chi connectivity index (χ1) is 13.8. The number of carbonyl (C=O) groups is 3. The summed E-state index contributed by atoms with van der Waals surface area (Å²) in [5.74, 6) is -1.05. The first-order valence-corrected chi connectivity index (χ1v) is 9.73. The zero-order valence-electron chi connectivity index (χ0n) is 16.8. The molecule has 8 nitrogen and oxygen atoms in total. The van der Waals surface area contributed by atoms with E-state index in [4.69, 9.17) is 19.9 Å². The van der Waals surface area contributed by atoms with Crippen molar-refractivity contribution in [2.24, 2.45) is 0 Å².